The van der Waals surface area contributed by atoms with Crippen LogP contribution in [-0.2, 0) is 9.84 Å². The molecule has 2 aromatic carbocycles. The molecule has 4 aromatic rings. The van der Waals surface area contributed by atoms with E-state index in [9.17, 15) is 13.2 Å². The summed E-state index contributed by atoms with van der Waals surface area (Å²) in [6, 6.07) is 16.1. The highest BCUT2D eigenvalue weighted by Crippen LogP contribution is 2.35. The summed E-state index contributed by atoms with van der Waals surface area (Å²) in [6.07, 6.45) is 1.45. The second kappa shape index (κ2) is 9.71. The lowest BCUT2D eigenvalue weighted by molar-refractivity contribution is 0.0745. The average Bonchev–Trinajstić information content (AvgIpc) is 3.60. The van der Waals surface area contributed by atoms with Crippen molar-refractivity contribution in [1.82, 2.24) is 9.88 Å². The van der Waals surface area contributed by atoms with Gasteiger partial charge in [0.15, 0.2) is 5.76 Å². The Morgan fingerprint density at radius 3 is 2.31 bits per heavy atom. The maximum atomic E-state index is 13.5. The zero-order valence-electron chi connectivity index (χ0n) is 19.3. The van der Waals surface area contributed by atoms with E-state index in [1.54, 1.807) is 53.3 Å². The molecule has 0 aliphatic carbocycles. The standard InChI is InChI=1S/C25H22ClN3O6S/c1-33-19-8-4-17(5-9-19)24(30)28-12-14-29(15-13-28)25-23(27-22(35-25)21-3-2-16-34-21)36(31,32)20-10-6-18(26)7-11-20/h2-11,16H,12-15H2,1H3. The molecule has 1 aliphatic rings. The van der Waals surface area contributed by atoms with Crippen LogP contribution in [0, 0.1) is 0 Å². The zero-order chi connectivity index (χ0) is 25.3. The van der Waals surface area contributed by atoms with Crippen LogP contribution in [0.25, 0.3) is 11.7 Å². The van der Waals surface area contributed by atoms with E-state index in [4.69, 9.17) is 25.2 Å². The number of carbonyl (C=O) groups is 1. The molecule has 186 valence electrons. The summed E-state index contributed by atoms with van der Waals surface area (Å²) in [5, 5.41) is 0.203. The Morgan fingerprint density at radius 2 is 1.69 bits per heavy atom. The number of sulfone groups is 1. The van der Waals surface area contributed by atoms with Crippen LogP contribution in [0.4, 0.5) is 5.88 Å². The fourth-order valence-electron chi connectivity index (χ4n) is 3.93. The van der Waals surface area contributed by atoms with Gasteiger partial charge in [-0.3, -0.25) is 4.79 Å². The second-order valence-corrected chi connectivity index (χ2v) is 10.4. The largest absolute Gasteiger partial charge is 0.497 e. The van der Waals surface area contributed by atoms with Gasteiger partial charge in [-0.05, 0) is 60.7 Å². The first-order valence-electron chi connectivity index (χ1n) is 11.1. The number of piperazine rings is 1. The molecule has 0 radical (unpaired) electrons. The molecule has 11 heteroatoms. The number of hydrogen-bond acceptors (Lipinski definition) is 8. The normalized spacial score (nSPS) is 14.2. The summed E-state index contributed by atoms with van der Waals surface area (Å²) in [5.74, 6) is 1.03. The number of carbonyl (C=O) groups excluding carboxylic acids is 1. The predicted molar refractivity (Wildman–Crippen MR) is 132 cm³/mol. The van der Waals surface area contributed by atoms with Crippen LogP contribution in [-0.4, -0.2) is 57.5 Å². The Balaban J connectivity index is 1.42. The zero-order valence-corrected chi connectivity index (χ0v) is 20.8. The molecular formula is C25H22ClN3O6S. The Labute approximate surface area is 212 Å². The van der Waals surface area contributed by atoms with Crippen molar-refractivity contribution in [3.8, 4) is 17.4 Å². The average molecular weight is 528 g/mol. The number of furan rings is 1. The maximum absolute atomic E-state index is 13.5. The summed E-state index contributed by atoms with van der Waals surface area (Å²) in [6.45, 7) is 1.47. The topological polar surface area (TPSA) is 106 Å². The SMILES string of the molecule is COc1ccc(C(=O)N2CCN(c3oc(-c4ccco4)nc3S(=O)(=O)c3ccc(Cl)cc3)CC2)cc1. The van der Waals surface area contributed by atoms with Gasteiger partial charge >= 0.3 is 0 Å². The van der Waals surface area contributed by atoms with E-state index in [1.807, 2.05) is 0 Å². The molecule has 1 aliphatic heterocycles. The number of benzene rings is 2. The lowest BCUT2D eigenvalue weighted by Crippen LogP contribution is -2.49. The molecule has 0 bridgehead atoms. The third-order valence-corrected chi connectivity index (χ3v) is 7.80. The van der Waals surface area contributed by atoms with Crippen LogP contribution in [0.3, 0.4) is 0 Å². The number of amides is 1. The van der Waals surface area contributed by atoms with Crippen LogP contribution < -0.4 is 9.64 Å². The Bertz CT molecular complexity index is 1460. The molecule has 1 saturated heterocycles. The molecule has 1 fully saturated rings. The highest BCUT2D eigenvalue weighted by molar-refractivity contribution is 7.91. The van der Waals surface area contributed by atoms with Gasteiger partial charge in [0, 0.05) is 36.8 Å². The van der Waals surface area contributed by atoms with Crippen molar-refractivity contribution in [3.05, 3.63) is 77.5 Å². The van der Waals surface area contributed by atoms with Gasteiger partial charge < -0.3 is 23.4 Å². The van der Waals surface area contributed by atoms with Crippen LogP contribution in [0.2, 0.25) is 5.02 Å². The Kier molecular flexibility index (Phi) is 6.46. The summed E-state index contributed by atoms with van der Waals surface area (Å²) in [5.41, 5.74) is 0.551. The molecule has 2 aromatic heterocycles. The van der Waals surface area contributed by atoms with Crippen LogP contribution >= 0.6 is 11.6 Å². The van der Waals surface area contributed by atoms with E-state index in [1.165, 1.54) is 30.5 Å². The molecule has 1 amide bonds. The lowest BCUT2D eigenvalue weighted by Gasteiger charge is -2.34. The van der Waals surface area contributed by atoms with Crippen molar-refractivity contribution in [2.45, 2.75) is 9.92 Å². The van der Waals surface area contributed by atoms with E-state index >= 15 is 0 Å². The minimum Gasteiger partial charge on any atom is -0.497 e. The molecule has 0 atom stereocenters. The monoisotopic (exact) mass is 527 g/mol. The summed E-state index contributed by atoms with van der Waals surface area (Å²) < 4.78 is 43.5. The lowest BCUT2D eigenvalue weighted by atomic mass is 10.1. The minimum absolute atomic E-state index is 0.0424. The summed E-state index contributed by atoms with van der Waals surface area (Å²) in [4.78, 5) is 20.8. The van der Waals surface area contributed by atoms with E-state index in [0.717, 1.165) is 0 Å². The van der Waals surface area contributed by atoms with Crippen molar-refractivity contribution >= 4 is 33.2 Å². The second-order valence-electron chi connectivity index (χ2n) is 8.07. The van der Waals surface area contributed by atoms with Crippen LogP contribution in [0.1, 0.15) is 10.4 Å². The number of oxazole rings is 1. The van der Waals surface area contributed by atoms with E-state index in [2.05, 4.69) is 4.98 Å². The molecule has 0 spiro atoms. The third kappa shape index (κ3) is 4.57. The number of methoxy groups -OCH3 is 1. The highest BCUT2D eigenvalue weighted by atomic mass is 35.5. The van der Waals surface area contributed by atoms with Gasteiger partial charge in [-0.25, -0.2) is 8.42 Å². The van der Waals surface area contributed by atoms with Crippen LogP contribution in [0.15, 0.2) is 85.7 Å². The van der Waals surface area contributed by atoms with Gasteiger partial charge in [0.1, 0.15) is 5.75 Å². The molecule has 5 rings (SSSR count). The highest BCUT2D eigenvalue weighted by Gasteiger charge is 2.34. The number of hydrogen-bond donors (Lipinski definition) is 0. The van der Waals surface area contributed by atoms with Gasteiger partial charge in [-0.2, -0.15) is 4.98 Å². The van der Waals surface area contributed by atoms with Crippen molar-refractivity contribution in [2.75, 3.05) is 38.2 Å². The van der Waals surface area contributed by atoms with Crippen molar-refractivity contribution in [3.63, 3.8) is 0 Å². The van der Waals surface area contributed by atoms with Gasteiger partial charge in [0.25, 0.3) is 11.8 Å². The number of aromatic nitrogens is 1. The van der Waals surface area contributed by atoms with Gasteiger partial charge in [-0.1, -0.05) is 11.6 Å². The fraction of sp³-hybridized carbons (Fsp3) is 0.200. The quantitative estimate of drug-likeness (QED) is 0.363. The number of nitrogens with zero attached hydrogens (tertiary/aromatic N) is 3. The molecule has 3 heterocycles. The van der Waals surface area contributed by atoms with Gasteiger partial charge in [0.2, 0.25) is 20.7 Å². The first-order valence-corrected chi connectivity index (χ1v) is 13.0. The third-order valence-electron chi connectivity index (χ3n) is 5.88. The van der Waals surface area contributed by atoms with Gasteiger partial charge in [-0.15, -0.1) is 0 Å². The molecular weight excluding hydrogens is 506 g/mol. The minimum atomic E-state index is -4.02. The molecule has 0 unspecified atom stereocenters. The van der Waals surface area contributed by atoms with Crippen molar-refractivity contribution in [1.29, 1.82) is 0 Å². The van der Waals surface area contributed by atoms with E-state index in [-0.39, 0.29) is 27.6 Å². The number of ether oxygens (including phenoxy) is 1. The van der Waals surface area contributed by atoms with Gasteiger partial charge in [0.05, 0.1) is 18.3 Å². The fourth-order valence-corrected chi connectivity index (χ4v) is 5.38. The molecule has 36 heavy (non-hydrogen) atoms. The maximum Gasteiger partial charge on any atom is 0.266 e. The Hall–Kier alpha value is -3.76. The first kappa shape index (κ1) is 24.0. The summed E-state index contributed by atoms with van der Waals surface area (Å²) >= 11 is 5.94. The molecule has 0 saturated carbocycles. The first-order chi connectivity index (χ1) is 17.4. The van der Waals surface area contributed by atoms with E-state index in [0.29, 0.717) is 48.3 Å². The van der Waals surface area contributed by atoms with E-state index < -0.39 is 9.84 Å². The number of anilines is 1. The summed E-state index contributed by atoms with van der Waals surface area (Å²) in [7, 11) is -2.46. The van der Waals surface area contributed by atoms with Crippen LogP contribution in [0.5, 0.6) is 5.75 Å². The predicted octanol–water partition coefficient (Wildman–Crippen LogP) is 4.39. The Morgan fingerprint density at radius 1 is 1.00 bits per heavy atom. The number of halogens is 1. The molecule has 9 nitrogen and oxygen atoms in total. The smallest absolute Gasteiger partial charge is 0.266 e. The number of rotatable bonds is 6. The molecule has 0 N–H and O–H groups in total. The van der Waals surface area contributed by atoms with Crippen molar-refractivity contribution in [2.24, 2.45) is 0 Å². The van der Waals surface area contributed by atoms with Crippen molar-refractivity contribution < 1.29 is 26.8 Å².